The Kier molecular flexibility index (Phi) is 5.38. The van der Waals surface area contributed by atoms with Crippen molar-refractivity contribution in [3.05, 3.63) is 34.1 Å². The SMILES string of the molecule is CC(Cc1ccc(Br)cc1F)NC[C@H](C)O. The van der Waals surface area contributed by atoms with Crippen molar-refractivity contribution in [2.45, 2.75) is 32.4 Å². The number of aliphatic hydroxyl groups is 1. The van der Waals surface area contributed by atoms with E-state index < -0.39 is 0 Å². The molecule has 1 rings (SSSR count). The largest absolute Gasteiger partial charge is 0.392 e. The van der Waals surface area contributed by atoms with Crippen LogP contribution in [0.3, 0.4) is 0 Å². The standard InChI is InChI=1S/C12H17BrFNO/c1-8(15-7-9(2)16)5-10-3-4-11(13)6-12(10)14/h3-4,6,8-9,15-16H,5,7H2,1-2H3/t8?,9-/m0/s1. The molecule has 0 radical (unpaired) electrons. The molecule has 1 unspecified atom stereocenters. The highest BCUT2D eigenvalue weighted by Crippen LogP contribution is 2.16. The van der Waals surface area contributed by atoms with Crippen LogP contribution in [0.25, 0.3) is 0 Å². The summed E-state index contributed by atoms with van der Waals surface area (Å²) in [6.07, 6.45) is 0.239. The minimum atomic E-state index is -0.378. The molecule has 1 aromatic carbocycles. The molecule has 0 bridgehead atoms. The number of aliphatic hydroxyl groups excluding tert-OH is 1. The van der Waals surface area contributed by atoms with Gasteiger partial charge in [-0.1, -0.05) is 22.0 Å². The Morgan fingerprint density at radius 3 is 2.69 bits per heavy atom. The van der Waals surface area contributed by atoms with Gasteiger partial charge in [0.2, 0.25) is 0 Å². The number of nitrogens with one attached hydrogen (secondary N) is 1. The Bertz CT molecular complexity index is 344. The maximum absolute atomic E-state index is 13.5. The summed E-state index contributed by atoms with van der Waals surface area (Å²) < 4.78 is 14.3. The van der Waals surface area contributed by atoms with Gasteiger partial charge in [-0.3, -0.25) is 0 Å². The first-order chi connectivity index (χ1) is 7.49. The van der Waals surface area contributed by atoms with Gasteiger partial charge in [-0.15, -0.1) is 0 Å². The summed E-state index contributed by atoms with van der Waals surface area (Å²) in [6.45, 7) is 4.23. The van der Waals surface area contributed by atoms with Gasteiger partial charge in [-0.05, 0) is 38.0 Å². The zero-order valence-electron chi connectivity index (χ0n) is 9.50. The summed E-state index contributed by atoms with van der Waals surface area (Å²) in [5.74, 6) is -0.194. The van der Waals surface area contributed by atoms with E-state index in [1.807, 2.05) is 13.0 Å². The molecule has 0 amide bonds. The molecule has 90 valence electrons. The lowest BCUT2D eigenvalue weighted by molar-refractivity contribution is 0.187. The summed E-state index contributed by atoms with van der Waals surface area (Å²) in [6, 6.07) is 5.22. The van der Waals surface area contributed by atoms with E-state index >= 15 is 0 Å². The van der Waals surface area contributed by atoms with Gasteiger partial charge in [0.25, 0.3) is 0 Å². The third-order valence-corrected chi connectivity index (χ3v) is 2.80. The Labute approximate surface area is 104 Å². The molecule has 16 heavy (non-hydrogen) atoms. The van der Waals surface area contributed by atoms with Crippen LogP contribution >= 0.6 is 15.9 Å². The van der Waals surface area contributed by atoms with Crippen LogP contribution in [0.15, 0.2) is 22.7 Å². The fourth-order valence-electron chi connectivity index (χ4n) is 1.46. The molecule has 0 aliphatic carbocycles. The Hall–Kier alpha value is -0.450. The lowest BCUT2D eigenvalue weighted by atomic mass is 10.1. The highest BCUT2D eigenvalue weighted by molar-refractivity contribution is 9.10. The Morgan fingerprint density at radius 1 is 1.44 bits per heavy atom. The van der Waals surface area contributed by atoms with E-state index in [4.69, 9.17) is 5.11 Å². The lowest BCUT2D eigenvalue weighted by Gasteiger charge is -2.15. The molecule has 0 aromatic heterocycles. The predicted octanol–water partition coefficient (Wildman–Crippen LogP) is 2.49. The van der Waals surface area contributed by atoms with Crippen LogP contribution in [0, 0.1) is 5.82 Å². The smallest absolute Gasteiger partial charge is 0.127 e. The van der Waals surface area contributed by atoms with Crippen molar-refractivity contribution in [1.82, 2.24) is 5.32 Å². The molecule has 0 fully saturated rings. The first-order valence-electron chi connectivity index (χ1n) is 5.34. The van der Waals surface area contributed by atoms with E-state index in [0.717, 1.165) is 4.47 Å². The van der Waals surface area contributed by atoms with Crippen molar-refractivity contribution in [3.63, 3.8) is 0 Å². The Morgan fingerprint density at radius 2 is 2.12 bits per heavy atom. The molecule has 2 N–H and O–H groups in total. The van der Waals surface area contributed by atoms with Crippen LogP contribution in [-0.2, 0) is 6.42 Å². The zero-order valence-corrected chi connectivity index (χ0v) is 11.1. The second-order valence-electron chi connectivity index (χ2n) is 4.10. The van der Waals surface area contributed by atoms with Crippen LogP contribution in [-0.4, -0.2) is 23.8 Å². The molecule has 0 saturated heterocycles. The third kappa shape index (κ3) is 4.60. The van der Waals surface area contributed by atoms with Crippen molar-refractivity contribution in [1.29, 1.82) is 0 Å². The number of rotatable bonds is 5. The van der Waals surface area contributed by atoms with E-state index in [1.54, 1.807) is 13.0 Å². The van der Waals surface area contributed by atoms with Crippen molar-refractivity contribution in [2.75, 3.05) is 6.54 Å². The quantitative estimate of drug-likeness (QED) is 0.873. The molecule has 0 heterocycles. The second-order valence-corrected chi connectivity index (χ2v) is 5.01. The first-order valence-corrected chi connectivity index (χ1v) is 6.13. The normalized spacial score (nSPS) is 14.8. The summed E-state index contributed by atoms with van der Waals surface area (Å²) in [7, 11) is 0. The van der Waals surface area contributed by atoms with Crippen LogP contribution < -0.4 is 5.32 Å². The highest BCUT2D eigenvalue weighted by Gasteiger charge is 2.08. The van der Waals surface area contributed by atoms with Crippen LogP contribution in [0.1, 0.15) is 19.4 Å². The molecular formula is C12H17BrFNO. The second kappa shape index (κ2) is 6.33. The molecular weight excluding hydrogens is 273 g/mol. The number of hydrogen-bond acceptors (Lipinski definition) is 2. The summed E-state index contributed by atoms with van der Waals surface area (Å²) in [4.78, 5) is 0. The topological polar surface area (TPSA) is 32.3 Å². The molecule has 2 nitrogen and oxygen atoms in total. The van der Waals surface area contributed by atoms with E-state index in [0.29, 0.717) is 18.5 Å². The molecule has 0 aliphatic rings. The highest BCUT2D eigenvalue weighted by atomic mass is 79.9. The van der Waals surface area contributed by atoms with Gasteiger partial charge in [0.05, 0.1) is 6.10 Å². The van der Waals surface area contributed by atoms with Gasteiger partial charge < -0.3 is 10.4 Å². The fraction of sp³-hybridized carbons (Fsp3) is 0.500. The van der Waals surface area contributed by atoms with Crippen LogP contribution in [0.4, 0.5) is 4.39 Å². The van der Waals surface area contributed by atoms with Gasteiger partial charge in [0.15, 0.2) is 0 Å². The molecule has 1 aromatic rings. The van der Waals surface area contributed by atoms with Gasteiger partial charge in [-0.25, -0.2) is 4.39 Å². The van der Waals surface area contributed by atoms with Gasteiger partial charge in [-0.2, -0.15) is 0 Å². The fourth-order valence-corrected chi connectivity index (χ4v) is 1.79. The summed E-state index contributed by atoms with van der Waals surface area (Å²) in [5, 5.41) is 12.3. The van der Waals surface area contributed by atoms with Crippen molar-refractivity contribution in [3.8, 4) is 0 Å². The monoisotopic (exact) mass is 289 g/mol. The van der Waals surface area contributed by atoms with E-state index in [1.165, 1.54) is 6.07 Å². The first kappa shape index (κ1) is 13.6. The molecule has 0 spiro atoms. The number of halogens is 2. The van der Waals surface area contributed by atoms with Crippen molar-refractivity contribution >= 4 is 15.9 Å². The van der Waals surface area contributed by atoms with Gasteiger partial charge in [0, 0.05) is 17.1 Å². The minimum absolute atomic E-state index is 0.144. The maximum Gasteiger partial charge on any atom is 0.127 e. The van der Waals surface area contributed by atoms with Gasteiger partial charge >= 0.3 is 0 Å². The lowest BCUT2D eigenvalue weighted by Crippen LogP contribution is -2.34. The number of hydrogen-bond donors (Lipinski definition) is 2. The minimum Gasteiger partial charge on any atom is -0.392 e. The third-order valence-electron chi connectivity index (χ3n) is 2.30. The average molecular weight is 290 g/mol. The molecule has 0 saturated carbocycles. The Balaban J connectivity index is 2.52. The van der Waals surface area contributed by atoms with E-state index in [9.17, 15) is 4.39 Å². The zero-order chi connectivity index (χ0) is 12.1. The van der Waals surface area contributed by atoms with Crippen molar-refractivity contribution < 1.29 is 9.50 Å². The average Bonchev–Trinajstić information content (AvgIpc) is 2.19. The predicted molar refractivity (Wildman–Crippen MR) is 66.9 cm³/mol. The van der Waals surface area contributed by atoms with Gasteiger partial charge in [0.1, 0.15) is 5.82 Å². The number of benzene rings is 1. The van der Waals surface area contributed by atoms with Crippen LogP contribution in [0.5, 0.6) is 0 Å². The molecule has 2 atom stereocenters. The van der Waals surface area contributed by atoms with Crippen LogP contribution in [0.2, 0.25) is 0 Å². The maximum atomic E-state index is 13.5. The summed E-state index contributed by atoms with van der Waals surface area (Å²) in [5.41, 5.74) is 0.689. The summed E-state index contributed by atoms with van der Waals surface area (Å²) >= 11 is 3.22. The van der Waals surface area contributed by atoms with E-state index in [-0.39, 0.29) is 18.0 Å². The van der Waals surface area contributed by atoms with E-state index in [2.05, 4.69) is 21.2 Å². The molecule has 4 heteroatoms. The molecule has 0 aliphatic heterocycles. The van der Waals surface area contributed by atoms with Crippen molar-refractivity contribution in [2.24, 2.45) is 0 Å².